The number of rotatable bonds is 3. The van der Waals surface area contributed by atoms with Gasteiger partial charge in [0, 0.05) is 6.04 Å². The van der Waals surface area contributed by atoms with E-state index in [1.807, 2.05) is 0 Å². The molecule has 0 amide bonds. The van der Waals surface area contributed by atoms with Gasteiger partial charge in [-0.25, -0.2) is 13.1 Å². The molecule has 17 heavy (non-hydrogen) atoms. The lowest BCUT2D eigenvalue weighted by Gasteiger charge is -2.15. The number of halogens is 1. The van der Waals surface area contributed by atoms with Crippen molar-refractivity contribution in [3.8, 4) is 0 Å². The van der Waals surface area contributed by atoms with E-state index in [1.54, 1.807) is 12.1 Å². The first-order valence-electron chi connectivity index (χ1n) is 5.56. The van der Waals surface area contributed by atoms with Gasteiger partial charge in [-0.1, -0.05) is 0 Å². The Hall–Kier alpha value is 0.0500. The zero-order valence-electron chi connectivity index (χ0n) is 9.28. The molecule has 1 fully saturated rings. The van der Waals surface area contributed by atoms with Crippen molar-refractivity contribution in [1.29, 1.82) is 0 Å². The summed E-state index contributed by atoms with van der Waals surface area (Å²) in [5.41, 5.74) is 0. The molecule has 0 saturated carbocycles. The first kappa shape index (κ1) is 13.5. The van der Waals surface area contributed by atoms with Crippen LogP contribution in [0.15, 0.2) is 20.1 Å². The Kier molecular flexibility index (Phi) is 4.59. The van der Waals surface area contributed by atoms with Crippen molar-refractivity contribution in [2.45, 2.75) is 29.5 Å². The molecule has 0 spiro atoms. The van der Waals surface area contributed by atoms with Gasteiger partial charge in [0.25, 0.3) is 0 Å². The number of hydrogen-bond donors (Lipinski definition) is 2. The van der Waals surface area contributed by atoms with Gasteiger partial charge < -0.3 is 5.32 Å². The van der Waals surface area contributed by atoms with Gasteiger partial charge >= 0.3 is 0 Å². The fraction of sp³-hybridized carbons (Fsp3) is 0.600. The predicted molar refractivity (Wildman–Crippen MR) is 72.8 cm³/mol. The van der Waals surface area contributed by atoms with Crippen LogP contribution in [0, 0.1) is 0 Å². The van der Waals surface area contributed by atoms with Gasteiger partial charge in [0.2, 0.25) is 10.0 Å². The third-order valence-electron chi connectivity index (χ3n) is 2.71. The Labute approximate surface area is 114 Å². The molecule has 0 aromatic carbocycles. The van der Waals surface area contributed by atoms with E-state index in [2.05, 4.69) is 26.0 Å². The van der Waals surface area contributed by atoms with Crippen LogP contribution >= 0.6 is 27.3 Å². The second-order valence-electron chi connectivity index (χ2n) is 4.06. The summed E-state index contributed by atoms with van der Waals surface area (Å²) in [6.45, 7) is 1.85. The Morgan fingerprint density at radius 1 is 1.35 bits per heavy atom. The van der Waals surface area contributed by atoms with Crippen LogP contribution in [0.4, 0.5) is 0 Å². The average Bonchev–Trinajstić information content (AvgIpc) is 2.55. The number of hydrogen-bond acceptors (Lipinski definition) is 4. The van der Waals surface area contributed by atoms with Crippen LogP contribution in [0.3, 0.4) is 0 Å². The molecule has 0 bridgehead atoms. The lowest BCUT2D eigenvalue weighted by molar-refractivity contribution is 0.519. The van der Waals surface area contributed by atoms with Gasteiger partial charge in [0.05, 0.1) is 3.79 Å². The summed E-state index contributed by atoms with van der Waals surface area (Å²) in [5, 5.41) is 3.27. The SMILES string of the molecule is O=S(=O)(NC1CCCNCC1)c1ccc(Br)s1. The highest BCUT2D eigenvalue weighted by molar-refractivity contribution is 9.11. The minimum atomic E-state index is -3.34. The molecule has 0 radical (unpaired) electrons. The second-order valence-corrected chi connectivity index (χ2v) is 8.46. The molecule has 1 aliphatic rings. The molecule has 2 heterocycles. The van der Waals surface area contributed by atoms with E-state index >= 15 is 0 Å². The number of nitrogens with one attached hydrogen (secondary N) is 2. The molecule has 1 aliphatic heterocycles. The summed E-state index contributed by atoms with van der Waals surface area (Å²) >= 11 is 4.52. The fourth-order valence-corrected chi connectivity index (χ4v) is 5.19. The molecule has 2 N–H and O–H groups in total. The molecule has 96 valence electrons. The molecular formula is C10H15BrN2O2S2. The third-order valence-corrected chi connectivity index (χ3v) is 6.35. The van der Waals surface area contributed by atoms with Crippen LogP contribution < -0.4 is 10.0 Å². The van der Waals surface area contributed by atoms with Crippen molar-refractivity contribution in [2.75, 3.05) is 13.1 Å². The first-order chi connectivity index (χ1) is 8.08. The van der Waals surface area contributed by atoms with Crippen molar-refractivity contribution >= 4 is 37.3 Å². The lowest BCUT2D eigenvalue weighted by atomic mass is 10.1. The molecule has 1 unspecified atom stereocenters. The maximum atomic E-state index is 12.1. The Bertz CT molecular complexity index is 464. The molecule has 0 aliphatic carbocycles. The number of thiophene rings is 1. The third kappa shape index (κ3) is 3.75. The summed E-state index contributed by atoms with van der Waals surface area (Å²) in [7, 11) is -3.34. The van der Waals surface area contributed by atoms with Crippen LogP contribution in [0.25, 0.3) is 0 Å². The normalized spacial score (nSPS) is 22.3. The first-order valence-corrected chi connectivity index (χ1v) is 8.65. The zero-order chi connectivity index (χ0) is 12.3. The van der Waals surface area contributed by atoms with Crippen LogP contribution in [-0.4, -0.2) is 27.5 Å². The Morgan fingerprint density at radius 2 is 2.18 bits per heavy atom. The van der Waals surface area contributed by atoms with E-state index < -0.39 is 10.0 Å². The second kappa shape index (κ2) is 5.79. The quantitative estimate of drug-likeness (QED) is 0.885. The highest BCUT2D eigenvalue weighted by Gasteiger charge is 2.22. The molecule has 1 aromatic rings. The standard InChI is InChI=1S/C10H15BrN2O2S2/c11-9-3-4-10(16-9)17(14,15)13-8-2-1-6-12-7-5-8/h3-4,8,12-13H,1-2,5-7H2. The van der Waals surface area contributed by atoms with Crippen LogP contribution in [0.1, 0.15) is 19.3 Å². The summed E-state index contributed by atoms with van der Waals surface area (Å²) < 4.78 is 28.2. The van der Waals surface area contributed by atoms with Crippen LogP contribution in [0.2, 0.25) is 0 Å². The zero-order valence-corrected chi connectivity index (χ0v) is 12.5. The monoisotopic (exact) mass is 338 g/mol. The van der Waals surface area contributed by atoms with Crippen molar-refractivity contribution < 1.29 is 8.42 Å². The minimum absolute atomic E-state index is 0.0517. The highest BCUT2D eigenvalue weighted by atomic mass is 79.9. The van der Waals surface area contributed by atoms with Crippen molar-refractivity contribution in [2.24, 2.45) is 0 Å². The summed E-state index contributed by atoms with van der Waals surface area (Å²) in [4.78, 5) is 0. The molecule has 1 atom stereocenters. The Balaban J connectivity index is 2.06. The van der Waals surface area contributed by atoms with Gasteiger partial charge in [-0.3, -0.25) is 0 Å². The lowest BCUT2D eigenvalue weighted by Crippen LogP contribution is -2.35. The van der Waals surface area contributed by atoms with Crippen molar-refractivity contribution in [1.82, 2.24) is 10.0 Å². The summed E-state index contributed by atoms with van der Waals surface area (Å²) in [6.07, 6.45) is 2.77. The average molecular weight is 339 g/mol. The maximum absolute atomic E-state index is 12.1. The topological polar surface area (TPSA) is 58.2 Å². The smallest absolute Gasteiger partial charge is 0.250 e. The van der Waals surface area contributed by atoms with Crippen molar-refractivity contribution in [3.05, 3.63) is 15.9 Å². The van der Waals surface area contributed by atoms with E-state index in [4.69, 9.17) is 0 Å². The predicted octanol–water partition coefficient (Wildman–Crippen LogP) is 1.93. The van der Waals surface area contributed by atoms with Gasteiger partial charge in [-0.05, 0) is 60.4 Å². The van der Waals surface area contributed by atoms with Crippen LogP contribution in [-0.2, 0) is 10.0 Å². The molecular weight excluding hydrogens is 324 g/mol. The molecule has 1 saturated heterocycles. The van der Waals surface area contributed by atoms with E-state index in [-0.39, 0.29) is 6.04 Å². The van der Waals surface area contributed by atoms with Gasteiger partial charge in [0.1, 0.15) is 4.21 Å². The summed E-state index contributed by atoms with van der Waals surface area (Å²) in [5.74, 6) is 0. The largest absolute Gasteiger partial charge is 0.317 e. The van der Waals surface area contributed by atoms with E-state index in [0.29, 0.717) is 4.21 Å². The van der Waals surface area contributed by atoms with Gasteiger partial charge in [-0.2, -0.15) is 0 Å². The maximum Gasteiger partial charge on any atom is 0.250 e. The van der Waals surface area contributed by atoms with Crippen molar-refractivity contribution in [3.63, 3.8) is 0 Å². The molecule has 4 nitrogen and oxygen atoms in total. The molecule has 2 rings (SSSR count). The number of sulfonamides is 1. The minimum Gasteiger partial charge on any atom is -0.317 e. The van der Waals surface area contributed by atoms with E-state index in [0.717, 1.165) is 36.1 Å². The highest BCUT2D eigenvalue weighted by Crippen LogP contribution is 2.26. The molecule has 1 aromatic heterocycles. The molecule has 7 heteroatoms. The van der Waals surface area contributed by atoms with Crippen LogP contribution in [0.5, 0.6) is 0 Å². The van der Waals surface area contributed by atoms with E-state index in [1.165, 1.54) is 11.3 Å². The van der Waals surface area contributed by atoms with Gasteiger partial charge in [0.15, 0.2) is 0 Å². The van der Waals surface area contributed by atoms with Gasteiger partial charge in [-0.15, -0.1) is 11.3 Å². The summed E-state index contributed by atoms with van der Waals surface area (Å²) in [6, 6.07) is 3.44. The van der Waals surface area contributed by atoms with E-state index in [9.17, 15) is 8.42 Å². The fourth-order valence-electron chi connectivity index (χ4n) is 1.86. The Morgan fingerprint density at radius 3 is 2.88 bits per heavy atom.